The van der Waals surface area contributed by atoms with Crippen molar-refractivity contribution < 1.29 is 33.6 Å². The number of carboxylic acid groups (broad SMARTS) is 1. The number of amides is 1. The molecule has 9 nitrogen and oxygen atoms in total. The molecule has 194 valence electrons. The number of aryl methyl sites for hydroxylation is 2. The Morgan fingerprint density at radius 3 is 2.50 bits per heavy atom. The van der Waals surface area contributed by atoms with Crippen LogP contribution in [0.3, 0.4) is 0 Å². The number of fused-ring (bicyclic) bond motifs is 1. The lowest BCUT2D eigenvalue weighted by molar-refractivity contribution is -0.155. The van der Waals surface area contributed by atoms with Crippen molar-refractivity contribution in [3.8, 4) is 11.5 Å². The van der Waals surface area contributed by atoms with Crippen LogP contribution >= 0.6 is 0 Å². The van der Waals surface area contributed by atoms with Gasteiger partial charge in [-0.25, -0.2) is 0 Å². The summed E-state index contributed by atoms with van der Waals surface area (Å²) >= 11 is 0. The number of benzene rings is 2. The van der Waals surface area contributed by atoms with E-state index in [2.05, 4.69) is 19.2 Å². The predicted octanol–water partition coefficient (Wildman–Crippen LogP) is 3.05. The molecule has 2 unspecified atom stereocenters. The van der Waals surface area contributed by atoms with E-state index in [1.54, 1.807) is 19.2 Å². The number of methoxy groups -OCH3 is 1. The SMILES string of the molecule is CCc1cccc(CC)c1NC(=O)CN1CC(C(=O)O)C(OCCOC)(c2ccc3c(c2)OCO3)C1. The van der Waals surface area contributed by atoms with Gasteiger partial charge in [0.25, 0.3) is 0 Å². The molecule has 0 aliphatic carbocycles. The van der Waals surface area contributed by atoms with E-state index in [9.17, 15) is 14.7 Å². The van der Waals surface area contributed by atoms with Crippen molar-refractivity contribution in [3.63, 3.8) is 0 Å². The number of carbonyl (C=O) groups excluding carboxylic acids is 1. The molecule has 2 aliphatic heterocycles. The maximum atomic E-state index is 13.1. The van der Waals surface area contributed by atoms with Crippen molar-refractivity contribution in [3.05, 3.63) is 53.1 Å². The Hall–Kier alpha value is -3.14. The van der Waals surface area contributed by atoms with E-state index in [-0.39, 0.29) is 38.9 Å². The van der Waals surface area contributed by atoms with Crippen LogP contribution in [0.4, 0.5) is 5.69 Å². The van der Waals surface area contributed by atoms with E-state index in [1.165, 1.54) is 0 Å². The van der Waals surface area contributed by atoms with Gasteiger partial charge >= 0.3 is 5.97 Å². The maximum absolute atomic E-state index is 13.1. The predicted molar refractivity (Wildman–Crippen MR) is 133 cm³/mol. The first-order valence-corrected chi connectivity index (χ1v) is 12.3. The van der Waals surface area contributed by atoms with Gasteiger partial charge in [0.15, 0.2) is 11.5 Å². The van der Waals surface area contributed by atoms with Gasteiger partial charge in [-0.05, 0) is 41.7 Å². The summed E-state index contributed by atoms with van der Waals surface area (Å²) in [5.74, 6) is -0.915. The summed E-state index contributed by atoms with van der Waals surface area (Å²) in [6.45, 7) is 5.19. The van der Waals surface area contributed by atoms with Gasteiger partial charge < -0.3 is 29.4 Å². The normalized spacial score (nSPS) is 21.0. The molecule has 1 saturated heterocycles. The number of hydrogen-bond donors (Lipinski definition) is 2. The Labute approximate surface area is 211 Å². The largest absolute Gasteiger partial charge is 0.481 e. The third-order valence-electron chi connectivity index (χ3n) is 6.90. The molecule has 4 rings (SSSR count). The number of anilines is 1. The minimum absolute atomic E-state index is 0.0466. The fourth-order valence-electron chi connectivity index (χ4n) is 5.08. The number of carbonyl (C=O) groups is 2. The molecular weight excluding hydrogens is 464 g/mol. The highest BCUT2D eigenvalue weighted by Gasteiger charge is 2.53. The summed E-state index contributed by atoms with van der Waals surface area (Å²) in [5.41, 5.74) is 2.49. The molecule has 0 aromatic heterocycles. The molecule has 1 fully saturated rings. The van der Waals surface area contributed by atoms with Crippen LogP contribution in [0.5, 0.6) is 11.5 Å². The highest BCUT2D eigenvalue weighted by molar-refractivity contribution is 5.94. The molecule has 0 radical (unpaired) electrons. The first-order valence-electron chi connectivity index (χ1n) is 12.3. The lowest BCUT2D eigenvalue weighted by Crippen LogP contribution is -2.43. The Balaban J connectivity index is 1.59. The van der Waals surface area contributed by atoms with Gasteiger partial charge in [-0.1, -0.05) is 38.1 Å². The van der Waals surface area contributed by atoms with Gasteiger partial charge in [0, 0.05) is 25.9 Å². The second-order valence-corrected chi connectivity index (χ2v) is 9.07. The zero-order chi connectivity index (χ0) is 25.7. The average molecular weight is 499 g/mol. The van der Waals surface area contributed by atoms with Gasteiger partial charge in [0.05, 0.1) is 19.8 Å². The van der Waals surface area contributed by atoms with Crippen molar-refractivity contribution in [1.82, 2.24) is 4.90 Å². The molecule has 2 aromatic rings. The van der Waals surface area contributed by atoms with Crippen LogP contribution in [0.1, 0.15) is 30.5 Å². The highest BCUT2D eigenvalue weighted by atomic mass is 16.7. The Bertz CT molecular complexity index is 1080. The zero-order valence-corrected chi connectivity index (χ0v) is 21.0. The van der Waals surface area contributed by atoms with Gasteiger partial charge in [-0.3, -0.25) is 14.5 Å². The Morgan fingerprint density at radius 1 is 1.11 bits per heavy atom. The molecular formula is C27H34N2O7. The number of carboxylic acids is 1. The highest BCUT2D eigenvalue weighted by Crippen LogP contribution is 2.44. The lowest BCUT2D eigenvalue weighted by atomic mass is 9.83. The molecule has 36 heavy (non-hydrogen) atoms. The molecule has 0 spiro atoms. The van der Waals surface area contributed by atoms with Crippen LogP contribution in [0, 0.1) is 5.92 Å². The monoisotopic (exact) mass is 498 g/mol. The quantitative estimate of drug-likeness (QED) is 0.456. The first-order chi connectivity index (χ1) is 17.4. The van der Waals surface area contributed by atoms with E-state index in [1.807, 2.05) is 29.2 Å². The van der Waals surface area contributed by atoms with Crippen LogP contribution < -0.4 is 14.8 Å². The molecule has 2 aromatic carbocycles. The van der Waals surface area contributed by atoms with Crippen molar-refractivity contribution in [2.24, 2.45) is 5.92 Å². The average Bonchev–Trinajstić information content (AvgIpc) is 3.49. The molecule has 9 heteroatoms. The van der Waals surface area contributed by atoms with Crippen LogP contribution in [0.15, 0.2) is 36.4 Å². The van der Waals surface area contributed by atoms with Gasteiger partial charge in [0.2, 0.25) is 12.7 Å². The van der Waals surface area contributed by atoms with Crippen molar-refractivity contribution >= 4 is 17.6 Å². The standard InChI is InChI=1S/C27H34N2O7/c1-4-18-7-6-8-19(5-2)25(18)28-24(30)15-29-14-21(26(31)32)27(16-29,36-12-11-33-3)20-9-10-22-23(13-20)35-17-34-22/h6-10,13,21H,4-5,11-12,14-17H2,1-3H3,(H,28,30)(H,31,32). The minimum atomic E-state index is -1.18. The van der Waals surface area contributed by atoms with Crippen molar-refractivity contribution in [2.45, 2.75) is 32.3 Å². The van der Waals surface area contributed by atoms with Crippen molar-refractivity contribution in [2.75, 3.05) is 52.1 Å². The number of ether oxygens (including phenoxy) is 4. The van der Waals surface area contributed by atoms with E-state index < -0.39 is 17.5 Å². The number of hydrogen-bond acceptors (Lipinski definition) is 7. The molecule has 2 aliphatic rings. The van der Waals surface area contributed by atoms with Gasteiger partial charge in [-0.15, -0.1) is 0 Å². The number of likely N-dealkylation sites (tertiary alicyclic amines) is 1. The molecule has 0 bridgehead atoms. The fourth-order valence-corrected chi connectivity index (χ4v) is 5.08. The Morgan fingerprint density at radius 2 is 1.83 bits per heavy atom. The minimum Gasteiger partial charge on any atom is -0.481 e. The van der Waals surface area contributed by atoms with Gasteiger partial charge in [-0.2, -0.15) is 0 Å². The van der Waals surface area contributed by atoms with Crippen LogP contribution in [-0.4, -0.2) is 68.6 Å². The topological polar surface area (TPSA) is 107 Å². The third-order valence-corrected chi connectivity index (χ3v) is 6.90. The summed E-state index contributed by atoms with van der Waals surface area (Å²) < 4.78 is 22.4. The summed E-state index contributed by atoms with van der Waals surface area (Å²) in [6, 6.07) is 11.4. The first kappa shape index (κ1) is 25.9. The second-order valence-electron chi connectivity index (χ2n) is 9.07. The maximum Gasteiger partial charge on any atom is 0.311 e. The van der Waals surface area contributed by atoms with Crippen LogP contribution in [0.2, 0.25) is 0 Å². The summed E-state index contributed by atoms with van der Waals surface area (Å²) in [7, 11) is 1.56. The molecule has 2 heterocycles. The lowest BCUT2D eigenvalue weighted by Gasteiger charge is -2.34. The number of aliphatic carboxylic acids is 1. The molecule has 0 saturated carbocycles. The van der Waals surface area contributed by atoms with E-state index in [4.69, 9.17) is 18.9 Å². The third kappa shape index (κ3) is 5.18. The number of para-hydroxylation sites is 1. The number of rotatable bonds is 11. The van der Waals surface area contributed by atoms with Crippen molar-refractivity contribution in [1.29, 1.82) is 0 Å². The van der Waals surface area contributed by atoms with E-state index >= 15 is 0 Å². The second kappa shape index (κ2) is 11.3. The smallest absolute Gasteiger partial charge is 0.311 e. The molecule has 2 atom stereocenters. The van der Waals surface area contributed by atoms with E-state index in [0.717, 1.165) is 29.7 Å². The number of nitrogens with one attached hydrogen (secondary N) is 1. The van der Waals surface area contributed by atoms with Crippen LogP contribution in [0.25, 0.3) is 0 Å². The zero-order valence-electron chi connectivity index (χ0n) is 21.0. The fraction of sp³-hybridized carbons (Fsp3) is 0.481. The van der Waals surface area contributed by atoms with Gasteiger partial charge in [0.1, 0.15) is 11.5 Å². The molecule has 2 N–H and O–H groups in total. The van der Waals surface area contributed by atoms with Crippen LogP contribution in [-0.2, 0) is 37.5 Å². The molecule has 1 amide bonds. The summed E-state index contributed by atoms with van der Waals surface area (Å²) in [4.78, 5) is 27.4. The van der Waals surface area contributed by atoms with E-state index in [0.29, 0.717) is 23.7 Å². The summed E-state index contributed by atoms with van der Waals surface area (Å²) in [5, 5.41) is 13.3. The Kier molecular flexibility index (Phi) is 8.13. The number of nitrogens with zero attached hydrogens (tertiary/aromatic N) is 1. The summed E-state index contributed by atoms with van der Waals surface area (Å²) in [6.07, 6.45) is 1.60.